The molecule has 1 aliphatic rings. The second-order valence-corrected chi connectivity index (χ2v) is 8.50. The Kier molecular flexibility index (Phi) is 5.26. The highest BCUT2D eigenvalue weighted by Crippen LogP contribution is 2.21. The molecular weight excluding hydrogens is 418 g/mol. The minimum Gasteiger partial charge on any atom is -0.336 e. The molecule has 0 aliphatic carbocycles. The maximum Gasteiger partial charge on any atom is 0.256 e. The summed E-state index contributed by atoms with van der Waals surface area (Å²) in [6, 6.07) is 8.24. The van der Waals surface area contributed by atoms with E-state index in [-0.39, 0.29) is 48.2 Å². The van der Waals surface area contributed by atoms with Crippen LogP contribution in [0.2, 0.25) is 0 Å². The first-order chi connectivity index (χ1) is 14.4. The molecular formula is C18H16F2N6O3S. The normalized spacial score (nSPS) is 15.3. The molecule has 1 aromatic heterocycles. The molecule has 2 aromatic carbocycles. The van der Waals surface area contributed by atoms with Crippen molar-refractivity contribution in [1.82, 2.24) is 29.4 Å². The van der Waals surface area contributed by atoms with Gasteiger partial charge in [-0.05, 0) is 46.8 Å². The van der Waals surface area contributed by atoms with Crippen molar-refractivity contribution in [3.05, 3.63) is 66.0 Å². The summed E-state index contributed by atoms with van der Waals surface area (Å²) in [5.41, 5.74) is 0.380. The molecule has 0 unspecified atom stereocenters. The van der Waals surface area contributed by atoms with Gasteiger partial charge >= 0.3 is 0 Å². The van der Waals surface area contributed by atoms with Crippen LogP contribution >= 0.6 is 0 Å². The van der Waals surface area contributed by atoms with Crippen LogP contribution in [0.3, 0.4) is 0 Å². The number of piperazine rings is 1. The van der Waals surface area contributed by atoms with Gasteiger partial charge in [0.1, 0.15) is 18.0 Å². The molecule has 3 aromatic rings. The van der Waals surface area contributed by atoms with Gasteiger partial charge in [0.25, 0.3) is 5.91 Å². The first-order valence-electron chi connectivity index (χ1n) is 8.94. The van der Waals surface area contributed by atoms with Crippen LogP contribution in [0.15, 0.2) is 53.7 Å². The Labute approximate surface area is 170 Å². The molecule has 4 rings (SSSR count). The largest absolute Gasteiger partial charge is 0.336 e. The van der Waals surface area contributed by atoms with Gasteiger partial charge in [-0.3, -0.25) is 4.79 Å². The third kappa shape index (κ3) is 3.78. The molecule has 1 amide bonds. The average molecular weight is 434 g/mol. The van der Waals surface area contributed by atoms with Crippen molar-refractivity contribution in [3.8, 4) is 5.69 Å². The fourth-order valence-electron chi connectivity index (χ4n) is 3.20. The molecule has 0 atom stereocenters. The second kappa shape index (κ2) is 7.88. The average Bonchev–Trinajstić information content (AvgIpc) is 3.28. The Hall–Kier alpha value is -3.25. The van der Waals surface area contributed by atoms with E-state index in [9.17, 15) is 22.0 Å². The number of halogens is 2. The van der Waals surface area contributed by atoms with Crippen LogP contribution in [0.25, 0.3) is 5.69 Å². The van der Waals surface area contributed by atoms with Gasteiger partial charge in [-0.25, -0.2) is 17.2 Å². The Morgan fingerprint density at radius 1 is 0.933 bits per heavy atom. The van der Waals surface area contributed by atoms with Crippen LogP contribution in [0.5, 0.6) is 0 Å². The van der Waals surface area contributed by atoms with Crippen molar-refractivity contribution in [3.63, 3.8) is 0 Å². The number of tetrazole rings is 1. The molecule has 12 heteroatoms. The van der Waals surface area contributed by atoms with E-state index in [2.05, 4.69) is 15.5 Å². The van der Waals surface area contributed by atoms with E-state index in [1.165, 1.54) is 38.4 Å². The lowest BCUT2D eigenvalue weighted by atomic mass is 10.1. The van der Waals surface area contributed by atoms with Crippen molar-refractivity contribution >= 4 is 15.9 Å². The summed E-state index contributed by atoms with van der Waals surface area (Å²) >= 11 is 0. The number of amides is 1. The first-order valence-corrected chi connectivity index (χ1v) is 10.4. The maximum atomic E-state index is 13.7. The number of carbonyl (C=O) groups excluding carboxylic acids is 1. The summed E-state index contributed by atoms with van der Waals surface area (Å²) in [7, 11) is -3.79. The van der Waals surface area contributed by atoms with Crippen LogP contribution < -0.4 is 0 Å². The van der Waals surface area contributed by atoms with Gasteiger partial charge in [0.15, 0.2) is 0 Å². The third-order valence-corrected chi connectivity index (χ3v) is 6.68. The molecule has 2 heterocycles. The topological polar surface area (TPSA) is 101 Å². The smallest absolute Gasteiger partial charge is 0.256 e. The Bertz CT molecular complexity index is 1160. The second-order valence-electron chi connectivity index (χ2n) is 6.57. The van der Waals surface area contributed by atoms with Crippen molar-refractivity contribution in [2.45, 2.75) is 4.90 Å². The van der Waals surface area contributed by atoms with E-state index >= 15 is 0 Å². The standard InChI is InChI=1S/C18H16F2N6O3S/c19-13-1-4-15(5-2-13)30(28,29)25-9-7-24(8-10-25)18(27)16-6-3-14(20)11-17(16)26-12-21-22-23-26/h1-6,11-12H,7-10H2. The number of sulfonamides is 1. The highest BCUT2D eigenvalue weighted by molar-refractivity contribution is 7.89. The van der Waals surface area contributed by atoms with E-state index in [1.54, 1.807) is 0 Å². The number of rotatable bonds is 4. The van der Waals surface area contributed by atoms with Gasteiger partial charge in [0, 0.05) is 32.2 Å². The summed E-state index contributed by atoms with van der Waals surface area (Å²) in [5, 5.41) is 10.7. The predicted octanol–water partition coefficient (Wildman–Crippen LogP) is 1.09. The molecule has 0 N–H and O–H groups in total. The van der Waals surface area contributed by atoms with Gasteiger partial charge < -0.3 is 4.90 Å². The Morgan fingerprint density at radius 2 is 1.60 bits per heavy atom. The maximum absolute atomic E-state index is 13.7. The van der Waals surface area contributed by atoms with Gasteiger partial charge in [-0.2, -0.15) is 8.99 Å². The fourth-order valence-corrected chi connectivity index (χ4v) is 4.63. The molecule has 1 saturated heterocycles. The predicted molar refractivity (Wildman–Crippen MR) is 100 cm³/mol. The SMILES string of the molecule is O=C(c1ccc(F)cc1-n1cnnn1)N1CCN(S(=O)(=O)c2ccc(F)cc2)CC1. The van der Waals surface area contributed by atoms with E-state index in [0.29, 0.717) is 0 Å². The summed E-state index contributed by atoms with van der Waals surface area (Å²) in [6.07, 6.45) is 1.25. The summed E-state index contributed by atoms with van der Waals surface area (Å²) in [5.74, 6) is -1.46. The number of aromatic nitrogens is 4. The van der Waals surface area contributed by atoms with E-state index in [4.69, 9.17) is 0 Å². The summed E-state index contributed by atoms with van der Waals surface area (Å²) in [6.45, 7) is 0.442. The number of nitrogens with zero attached hydrogens (tertiary/aromatic N) is 6. The number of carbonyl (C=O) groups is 1. The number of hydrogen-bond donors (Lipinski definition) is 0. The number of benzene rings is 2. The van der Waals surface area contributed by atoms with Crippen molar-refractivity contribution < 1.29 is 22.0 Å². The van der Waals surface area contributed by atoms with Crippen molar-refractivity contribution in [1.29, 1.82) is 0 Å². The lowest BCUT2D eigenvalue weighted by Crippen LogP contribution is -2.50. The Balaban J connectivity index is 1.51. The molecule has 9 nitrogen and oxygen atoms in total. The first kappa shape index (κ1) is 20.0. The third-order valence-electron chi connectivity index (χ3n) is 4.76. The van der Waals surface area contributed by atoms with Gasteiger partial charge in [0.2, 0.25) is 10.0 Å². The van der Waals surface area contributed by atoms with Crippen LogP contribution in [0.4, 0.5) is 8.78 Å². The highest BCUT2D eigenvalue weighted by atomic mass is 32.2. The van der Waals surface area contributed by atoms with Gasteiger partial charge in [-0.15, -0.1) is 5.10 Å². The Morgan fingerprint density at radius 3 is 2.23 bits per heavy atom. The molecule has 30 heavy (non-hydrogen) atoms. The van der Waals surface area contributed by atoms with Crippen LogP contribution in [0.1, 0.15) is 10.4 Å². The molecule has 1 fully saturated rings. The zero-order valence-electron chi connectivity index (χ0n) is 15.5. The van der Waals surface area contributed by atoms with Crippen LogP contribution in [0, 0.1) is 11.6 Å². The molecule has 0 spiro atoms. The van der Waals surface area contributed by atoms with Gasteiger partial charge in [0.05, 0.1) is 16.1 Å². The monoisotopic (exact) mass is 434 g/mol. The minimum atomic E-state index is -3.79. The van der Waals surface area contributed by atoms with E-state index in [0.717, 1.165) is 24.3 Å². The van der Waals surface area contributed by atoms with Crippen LogP contribution in [-0.4, -0.2) is 69.9 Å². The fraction of sp³-hybridized carbons (Fsp3) is 0.222. The van der Waals surface area contributed by atoms with E-state index < -0.39 is 21.7 Å². The van der Waals surface area contributed by atoms with Crippen molar-refractivity contribution in [2.24, 2.45) is 0 Å². The minimum absolute atomic E-state index is 0.0109. The molecule has 0 bridgehead atoms. The number of hydrogen-bond acceptors (Lipinski definition) is 6. The highest BCUT2D eigenvalue weighted by Gasteiger charge is 2.31. The lowest BCUT2D eigenvalue weighted by Gasteiger charge is -2.34. The van der Waals surface area contributed by atoms with E-state index in [1.807, 2.05) is 0 Å². The zero-order valence-corrected chi connectivity index (χ0v) is 16.3. The lowest BCUT2D eigenvalue weighted by molar-refractivity contribution is 0.0697. The quantitative estimate of drug-likeness (QED) is 0.609. The summed E-state index contributed by atoms with van der Waals surface area (Å²) < 4.78 is 54.7. The molecule has 0 saturated carbocycles. The molecule has 0 radical (unpaired) electrons. The van der Waals surface area contributed by atoms with Gasteiger partial charge in [-0.1, -0.05) is 0 Å². The summed E-state index contributed by atoms with van der Waals surface area (Å²) in [4.78, 5) is 14.5. The molecule has 156 valence electrons. The van der Waals surface area contributed by atoms with Crippen LogP contribution in [-0.2, 0) is 10.0 Å². The van der Waals surface area contributed by atoms with Crippen molar-refractivity contribution in [2.75, 3.05) is 26.2 Å². The molecule has 1 aliphatic heterocycles. The zero-order chi connectivity index (χ0) is 21.3.